The van der Waals surface area contributed by atoms with Gasteiger partial charge in [0.1, 0.15) is 13.6 Å². The molecule has 4 nitrogen and oxygen atoms in total. The number of rotatable bonds is 6. The molecule has 0 fully saturated rings. The summed E-state index contributed by atoms with van der Waals surface area (Å²) in [6.07, 6.45) is 3.62. The first-order valence-electron chi connectivity index (χ1n) is 5.41. The van der Waals surface area contributed by atoms with E-state index < -0.39 is 4.92 Å². The van der Waals surface area contributed by atoms with Crippen LogP contribution in [-0.2, 0) is 0 Å². The fourth-order valence-electron chi connectivity index (χ4n) is 1.12. The molecule has 0 saturated heterocycles. The molecule has 0 heterocycles. The lowest BCUT2D eigenvalue weighted by Gasteiger charge is -1.99. The van der Waals surface area contributed by atoms with Crippen LogP contribution in [0.25, 0.3) is 0 Å². The van der Waals surface area contributed by atoms with Crippen LogP contribution in [0.2, 0.25) is 6.32 Å². The highest BCUT2D eigenvalue weighted by Gasteiger charge is 2.13. The van der Waals surface area contributed by atoms with E-state index in [0.29, 0.717) is 6.32 Å². The van der Waals surface area contributed by atoms with Gasteiger partial charge >= 0.3 is 5.82 Å². The Morgan fingerprint density at radius 2 is 2.07 bits per heavy atom. The molecule has 0 N–H and O–H groups in total. The molecule has 0 atom stereocenters. The Hall–Kier alpha value is -1.13. The molecule has 0 unspecified atom stereocenters. The van der Waals surface area contributed by atoms with Crippen molar-refractivity contribution >= 4 is 13.6 Å². The maximum Gasteiger partial charge on any atom is 0.361 e. The fourth-order valence-corrected chi connectivity index (χ4v) is 1.12. The highest BCUT2D eigenvalue weighted by molar-refractivity contribution is 6.10. The van der Waals surface area contributed by atoms with Gasteiger partial charge in [0.05, 0.1) is 0 Å². The van der Waals surface area contributed by atoms with Gasteiger partial charge in [0.15, 0.2) is 0 Å². The van der Waals surface area contributed by atoms with Gasteiger partial charge in [-0.1, -0.05) is 19.7 Å². The molecule has 0 aromatic carbocycles. The zero-order chi connectivity index (χ0) is 11.8. The van der Waals surface area contributed by atoms with Crippen molar-refractivity contribution in [3.63, 3.8) is 0 Å². The minimum Gasteiger partial charge on any atom is -0.358 e. The number of aliphatic imine (C=N–C) groups is 1. The second kappa shape index (κ2) is 7.20. The van der Waals surface area contributed by atoms with E-state index in [1.807, 2.05) is 14.8 Å². The van der Waals surface area contributed by atoms with E-state index in [9.17, 15) is 10.1 Å². The summed E-state index contributed by atoms with van der Waals surface area (Å²) < 4.78 is 0. The standard InChI is InChI=1S/C10H19BN2O2/c1-4-5-6-9(3)12-10(13(14)15)8(2)7-11/h4-7,11H2,1-3H3/b10-8-,12-9-. The van der Waals surface area contributed by atoms with Crippen molar-refractivity contribution in [2.75, 3.05) is 0 Å². The Morgan fingerprint density at radius 1 is 1.47 bits per heavy atom. The van der Waals surface area contributed by atoms with E-state index in [1.54, 1.807) is 6.92 Å². The molecular weight excluding hydrogens is 191 g/mol. The second-order valence-electron chi connectivity index (χ2n) is 3.67. The number of nitrogens with zero attached hydrogens (tertiary/aromatic N) is 2. The number of hydrogen-bond donors (Lipinski definition) is 0. The van der Waals surface area contributed by atoms with E-state index in [1.165, 1.54) is 0 Å². The molecule has 0 amide bonds. The molecule has 0 saturated carbocycles. The van der Waals surface area contributed by atoms with Crippen molar-refractivity contribution in [1.29, 1.82) is 0 Å². The summed E-state index contributed by atoms with van der Waals surface area (Å²) >= 11 is 0. The zero-order valence-electron chi connectivity index (χ0n) is 10.0. The van der Waals surface area contributed by atoms with E-state index in [0.717, 1.165) is 30.5 Å². The third-order valence-corrected chi connectivity index (χ3v) is 2.27. The summed E-state index contributed by atoms with van der Waals surface area (Å²) in [5.74, 6) is 0.0195. The van der Waals surface area contributed by atoms with Crippen LogP contribution in [0, 0.1) is 10.1 Å². The summed E-state index contributed by atoms with van der Waals surface area (Å²) in [6.45, 7) is 5.70. The van der Waals surface area contributed by atoms with Crippen LogP contribution in [0.3, 0.4) is 0 Å². The molecule has 0 aliphatic heterocycles. The second-order valence-corrected chi connectivity index (χ2v) is 3.67. The summed E-state index contributed by atoms with van der Waals surface area (Å²) in [5.41, 5.74) is 1.58. The average Bonchev–Trinajstić information content (AvgIpc) is 2.21. The maximum atomic E-state index is 10.7. The number of hydrogen-bond acceptors (Lipinski definition) is 3. The summed E-state index contributed by atoms with van der Waals surface area (Å²) in [4.78, 5) is 14.4. The van der Waals surface area contributed by atoms with Crippen LogP contribution < -0.4 is 0 Å². The van der Waals surface area contributed by atoms with E-state index in [4.69, 9.17) is 0 Å². The largest absolute Gasteiger partial charge is 0.361 e. The Balaban J connectivity index is 4.75. The summed E-state index contributed by atoms with van der Waals surface area (Å²) in [5, 5.41) is 10.7. The van der Waals surface area contributed by atoms with Crippen molar-refractivity contribution in [2.24, 2.45) is 4.99 Å². The molecule has 15 heavy (non-hydrogen) atoms. The molecular formula is C10H19BN2O2. The molecule has 0 radical (unpaired) electrons. The van der Waals surface area contributed by atoms with Crippen molar-refractivity contribution in [3.8, 4) is 0 Å². The van der Waals surface area contributed by atoms with Crippen LogP contribution in [0.15, 0.2) is 16.4 Å². The molecule has 0 rings (SSSR count). The molecule has 0 aliphatic rings. The van der Waals surface area contributed by atoms with Crippen LogP contribution >= 0.6 is 0 Å². The predicted molar refractivity (Wildman–Crippen MR) is 65.7 cm³/mol. The Labute approximate surface area is 92.0 Å². The van der Waals surface area contributed by atoms with E-state index >= 15 is 0 Å². The van der Waals surface area contributed by atoms with Gasteiger partial charge in [-0.05, 0) is 30.2 Å². The predicted octanol–water partition coefficient (Wildman–Crippen LogP) is 2.20. The lowest BCUT2D eigenvalue weighted by atomic mass is 9.98. The lowest BCUT2D eigenvalue weighted by molar-refractivity contribution is -0.427. The zero-order valence-corrected chi connectivity index (χ0v) is 10.0. The number of allylic oxidation sites excluding steroid dienone is 1. The van der Waals surface area contributed by atoms with E-state index in [2.05, 4.69) is 11.9 Å². The van der Waals surface area contributed by atoms with Gasteiger partial charge in [-0.3, -0.25) is 0 Å². The quantitative estimate of drug-likeness (QED) is 0.292. The lowest BCUT2D eigenvalue weighted by Crippen LogP contribution is -2.03. The van der Waals surface area contributed by atoms with Gasteiger partial charge in [0, 0.05) is 12.0 Å². The third-order valence-electron chi connectivity index (χ3n) is 2.27. The first-order valence-corrected chi connectivity index (χ1v) is 5.41. The number of unbranched alkanes of at least 4 members (excludes halogenated alkanes) is 1. The first kappa shape index (κ1) is 13.9. The van der Waals surface area contributed by atoms with Crippen molar-refractivity contribution in [1.82, 2.24) is 0 Å². The highest BCUT2D eigenvalue weighted by atomic mass is 16.6. The molecule has 0 aliphatic carbocycles. The van der Waals surface area contributed by atoms with Gasteiger partial charge in [-0.2, -0.15) is 0 Å². The molecule has 0 aromatic rings. The third kappa shape index (κ3) is 5.35. The molecule has 0 spiro atoms. The van der Waals surface area contributed by atoms with Crippen LogP contribution in [0.1, 0.15) is 40.0 Å². The highest BCUT2D eigenvalue weighted by Crippen LogP contribution is 2.11. The number of nitro groups is 1. The first-order chi connectivity index (χ1) is 7.02. The van der Waals surface area contributed by atoms with Gasteiger partial charge < -0.3 is 10.1 Å². The Bertz CT molecular complexity index is 285. The minimum atomic E-state index is -0.395. The summed E-state index contributed by atoms with van der Waals surface area (Å²) in [7, 11) is 1.90. The molecule has 0 aromatic heterocycles. The minimum absolute atomic E-state index is 0.0195. The van der Waals surface area contributed by atoms with Crippen molar-refractivity contribution in [3.05, 3.63) is 21.5 Å². The van der Waals surface area contributed by atoms with Crippen molar-refractivity contribution < 1.29 is 4.92 Å². The molecule has 0 bridgehead atoms. The molecule has 5 heteroatoms. The van der Waals surface area contributed by atoms with Crippen LogP contribution in [0.5, 0.6) is 0 Å². The van der Waals surface area contributed by atoms with Crippen LogP contribution in [0.4, 0.5) is 0 Å². The fraction of sp³-hybridized carbons (Fsp3) is 0.700. The van der Waals surface area contributed by atoms with Crippen molar-refractivity contribution in [2.45, 2.75) is 46.4 Å². The molecule has 84 valence electrons. The smallest absolute Gasteiger partial charge is 0.358 e. The Kier molecular flexibility index (Phi) is 6.66. The van der Waals surface area contributed by atoms with Gasteiger partial charge in [-0.25, -0.2) is 0 Å². The van der Waals surface area contributed by atoms with Crippen LogP contribution in [-0.4, -0.2) is 18.5 Å². The average molecular weight is 210 g/mol. The van der Waals surface area contributed by atoms with Gasteiger partial charge in [0.25, 0.3) is 0 Å². The van der Waals surface area contributed by atoms with Gasteiger partial charge in [0.2, 0.25) is 0 Å². The Morgan fingerprint density at radius 3 is 2.47 bits per heavy atom. The normalized spacial score (nSPS) is 13.7. The monoisotopic (exact) mass is 210 g/mol. The SMILES string of the molecule is BC/C(C)=C(/N=C(/C)CCCC)[N+](=O)[O-]. The maximum absolute atomic E-state index is 10.7. The summed E-state index contributed by atoms with van der Waals surface area (Å²) in [6, 6.07) is 0. The topological polar surface area (TPSA) is 55.5 Å². The van der Waals surface area contributed by atoms with Gasteiger partial charge in [-0.15, -0.1) is 0 Å². The van der Waals surface area contributed by atoms with E-state index in [-0.39, 0.29) is 5.82 Å².